The van der Waals surface area contributed by atoms with Crippen LogP contribution in [0.15, 0.2) is 12.4 Å². The molecule has 16 heavy (non-hydrogen) atoms. The van der Waals surface area contributed by atoms with Gasteiger partial charge in [0.05, 0.1) is 12.4 Å². The zero-order valence-electron chi connectivity index (χ0n) is 8.65. The molecule has 2 rings (SSSR count). The normalized spacial score (nSPS) is 19.7. The maximum atomic E-state index is 11.6. The number of thioether (sulfide) groups is 1. The van der Waals surface area contributed by atoms with Gasteiger partial charge in [-0.3, -0.25) is 4.79 Å². The van der Waals surface area contributed by atoms with E-state index < -0.39 is 0 Å². The molecule has 0 aliphatic carbocycles. The van der Waals surface area contributed by atoms with Crippen molar-refractivity contribution in [1.82, 2.24) is 15.3 Å². The van der Waals surface area contributed by atoms with Crippen molar-refractivity contribution in [3.63, 3.8) is 0 Å². The summed E-state index contributed by atoms with van der Waals surface area (Å²) in [6, 6.07) is 0. The minimum atomic E-state index is -0.180. The molecule has 1 aliphatic rings. The number of halogens is 1. The van der Waals surface area contributed by atoms with Crippen LogP contribution in [0.25, 0.3) is 0 Å². The standard InChI is InChI=1S/C10H12ClN3OS/c11-9-5-12-8(4-13-9)10(15)14-3-7-1-2-16-6-7/h4-5,7H,1-3,6H2,(H,14,15). The molecule has 0 saturated carbocycles. The van der Waals surface area contributed by atoms with Crippen LogP contribution < -0.4 is 5.32 Å². The summed E-state index contributed by atoms with van der Waals surface area (Å²) in [4.78, 5) is 19.4. The smallest absolute Gasteiger partial charge is 0.271 e. The molecule has 1 aromatic heterocycles. The Morgan fingerprint density at radius 1 is 1.56 bits per heavy atom. The van der Waals surface area contributed by atoms with Crippen LogP contribution in [-0.4, -0.2) is 33.9 Å². The van der Waals surface area contributed by atoms with E-state index in [0.29, 0.717) is 16.8 Å². The average molecular weight is 258 g/mol. The third kappa shape index (κ3) is 3.09. The summed E-state index contributed by atoms with van der Waals surface area (Å²) in [6.45, 7) is 0.718. The fraction of sp³-hybridized carbons (Fsp3) is 0.500. The Labute approximate surface area is 103 Å². The third-order valence-electron chi connectivity index (χ3n) is 2.43. The largest absolute Gasteiger partial charge is 0.350 e. The van der Waals surface area contributed by atoms with Crippen molar-refractivity contribution in [2.45, 2.75) is 6.42 Å². The van der Waals surface area contributed by atoms with Crippen LogP contribution in [0, 0.1) is 5.92 Å². The number of carbonyl (C=O) groups is 1. The van der Waals surface area contributed by atoms with Gasteiger partial charge in [0.2, 0.25) is 0 Å². The fourth-order valence-electron chi connectivity index (χ4n) is 1.50. The van der Waals surface area contributed by atoms with Crippen molar-refractivity contribution in [3.8, 4) is 0 Å². The Kier molecular flexibility index (Phi) is 4.01. The van der Waals surface area contributed by atoms with E-state index in [-0.39, 0.29) is 5.91 Å². The Hall–Kier alpha value is -0.810. The number of aromatic nitrogens is 2. The van der Waals surface area contributed by atoms with Crippen molar-refractivity contribution in [2.24, 2.45) is 5.92 Å². The summed E-state index contributed by atoms with van der Waals surface area (Å²) in [7, 11) is 0. The second-order valence-electron chi connectivity index (χ2n) is 3.66. The van der Waals surface area contributed by atoms with Gasteiger partial charge in [-0.1, -0.05) is 11.6 Å². The number of hydrogen-bond acceptors (Lipinski definition) is 4. The molecule has 1 N–H and O–H groups in total. The summed E-state index contributed by atoms with van der Waals surface area (Å²) in [5.41, 5.74) is 0.315. The minimum Gasteiger partial charge on any atom is -0.350 e. The maximum absolute atomic E-state index is 11.6. The lowest BCUT2D eigenvalue weighted by molar-refractivity contribution is 0.0943. The van der Waals surface area contributed by atoms with Crippen LogP contribution in [0.4, 0.5) is 0 Å². The molecule has 1 atom stereocenters. The Balaban J connectivity index is 1.85. The number of rotatable bonds is 3. The van der Waals surface area contributed by atoms with Crippen molar-refractivity contribution in [2.75, 3.05) is 18.1 Å². The van der Waals surface area contributed by atoms with Gasteiger partial charge >= 0.3 is 0 Å². The molecule has 1 aliphatic heterocycles. The zero-order valence-corrected chi connectivity index (χ0v) is 10.2. The van der Waals surface area contributed by atoms with E-state index in [4.69, 9.17) is 11.6 Å². The van der Waals surface area contributed by atoms with E-state index in [0.717, 1.165) is 12.3 Å². The third-order valence-corrected chi connectivity index (χ3v) is 3.85. The van der Waals surface area contributed by atoms with Crippen LogP contribution >= 0.6 is 23.4 Å². The van der Waals surface area contributed by atoms with Crippen LogP contribution in [0.2, 0.25) is 5.15 Å². The zero-order chi connectivity index (χ0) is 11.4. The molecule has 1 aromatic rings. The lowest BCUT2D eigenvalue weighted by Crippen LogP contribution is -2.29. The quantitative estimate of drug-likeness (QED) is 0.894. The summed E-state index contributed by atoms with van der Waals surface area (Å²) in [5.74, 6) is 2.74. The van der Waals surface area contributed by atoms with E-state index in [1.54, 1.807) is 0 Å². The van der Waals surface area contributed by atoms with Crippen LogP contribution in [-0.2, 0) is 0 Å². The molecule has 0 bridgehead atoms. The van der Waals surface area contributed by atoms with E-state index >= 15 is 0 Å². The van der Waals surface area contributed by atoms with Gasteiger partial charge in [-0.2, -0.15) is 11.8 Å². The van der Waals surface area contributed by atoms with Crippen LogP contribution in [0.3, 0.4) is 0 Å². The Morgan fingerprint density at radius 2 is 2.44 bits per heavy atom. The van der Waals surface area contributed by atoms with Gasteiger partial charge in [-0.15, -0.1) is 0 Å². The first kappa shape index (κ1) is 11.7. The molecule has 0 radical (unpaired) electrons. The molecule has 4 nitrogen and oxygen atoms in total. The lowest BCUT2D eigenvalue weighted by atomic mass is 10.1. The van der Waals surface area contributed by atoms with Gasteiger partial charge in [0.25, 0.3) is 5.91 Å². The number of nitrogens with one attached hydrogen (secondary N) is 1. The molecule has 1 unspecified atom stereocenters. The van der Waals surface area contributed by atoms with Gasteiger partial charge in [0, 0.05) is 6.54 Å². The predicted octanol–water partition coefficient (Wildman–Crippen LogP) is 1.61. The van der Waals surface area contributed by atoms with Gasteiger partial charge in [0.1, 0.15) is 10.8 Å². The number of carbonyl (C=O) groups excluding carboxylic acids is 1. The number of amides is 1. The summed E-state index contributed by atoms with van der Waals surface area (Å²) in [5, 5.41) is 3.16. The molecule has 0 aromatic carbocycles. The molecule has 2 heterocycles. The highest BCUT2D eigenvalue weighted by Gasteiger charge is 2.17. The molecular formula is C10H12ClN3OS. The first-order valence-corrected chi connectivity index (χ1v) is 6.62. The van der Waals surface area contributed by atoms with Gasteiger partial charge in [-0.25, -0.2) is 9.97 Å². The first-order chi connectivity index (χ1) is 7.75. The predicted molar refractivity (Wildman–Crippen MR) is 64.8 cm³/mol. The van der Waals surface area contributed by atoms with E-state index in [1.807, 2.05) is 11.8 Å². The Morgan fingerprint density at radius 3 is 3.06 bits per heavy atom. The van der Waals surface area contributed by atoms with E-state index in [2.05, 4.69) is 15.3 Å². The topological polar surface area (TPSA) is 54.9 Å². The van der Waals surface area contributed by atoms with Crippen molar-refractivity contribution in [1.29, 1.82) is 0 Å². The molecule has 6 heteroatoms. The van der Waals surface area contributed by atoms with Crippen LogP contribution in [0.5, 0.6) is 0 Å². The summed E-state index contributed by atoms with van der Waals surface area (Å²) < 4.78 is 0. The molecule has 86 valence electrons. The van der Waals surface area contributed by atoms with E-state index in [9.17, 15) is 4.79 Å². The Bertz CT molecular complexity index is 365. The summed E-state index contributed by atoms with van der Waals surface area (Å²) in [6.07, 6.45) is 3.94. The molecular weight excluding hydrogens is 246 g/mol. The first-order valence-electron chi connectivity index (χ1n) is 5.09. The van der Waals surface area contributed by atoms with Crippen molar-refractivity contribution in [3.05, 3.63) is 23.2 Å². The maximum Gasteiger partial charge on any atom is 0.271 e. The molecule has 1 amide bonds. The SMILES string of the molecule is O=C(NCC1CCSC1)c1cnc(Cl)cn1. The van der Waals surface area contributed by atoms with Gasteiger partial charge < -0.3 is 5.32 Å². The van der Waals surface area contributed by atoms with Crippen molar-refractivity contribution >= 4 is 29.3 Å². The molecule has 1 fully saturated rings. The second-order valence-corrected chi connectivity index (χ2v) is 5.20. The second kappa shape index (κ2) is 5.50. The number of hydrogen-bond donors (Lipinski definition) is 1. The van der Waals surface area contributed by atoms with Crippen LogP contribution in [0.1, 0.15) is 16.9 Å². The average Bonchev–Trinajstić information content (AvgIpc) is 2.80. The highest BCUT2D eigenvalue weighted by atomic mass is 35.5. The van der Waals surface area contributed by atoms with Crippen molar-refractivity contribution < 1.29 is 4.79 Å². The minimum absolute atomic E-state index is 0.180. The molecule has 0 spiro atoms. The fourth-order valence-corrected chi connectivity index (χ4v) is 2.88. The summed E-state index contributed by atoms with van der Waals surface area (Å²) >= 11 is 7.52. The van der Waals surface area contributed by atoms with Gasteiger partial charge in [-0.05, 0) is 23.8 Å². The lowest BCUT2D eigenvalue weighted by Gasteiger charge is -2.09. The highest BCUT2D eigenvalue weighted by Crippen LogP contribution is 2.22. The molecule has 1 saturated heterocycles. The number of nitrogens with zero attached hydrogens (tertiary/aromatic N) is 2. The van der Waals surface area contributed by atoms with E-state index in [1.165, 1.54) is 24.6 Å². The highest BCUT2D eigenvalue weighted by molar-refractivity contribution is 7.99. The monoisotopic (exact) mass is 257 g/mol. The van der Waals surface area contributed by atoms with Gasteiger partial charge in [0.15, 0.2) is 0 Å².